The first kappa shape index (κ1) is 10.5. The molecule has 1 aliphatic carbocycles. The molecule has 4 nitrogen and oxygen atoms in total. The van der Waals surface area contributed by atoms with E-state index in [1.165, 1.54) is 12.8 Å². The number of anilines is 1. The minimum atomic E-state index is 0.341. The first-order chi connectivity index (χ1) is 8.38. The Morgan fingerprint density at radius 1 is 1.29 bits per heavy atom. The van der Waals surface area contributed by atoms with Crippen LogP contribution in [0.1, 0.15) is 12.8 Å². The number of nitrogens with zero attached hydrogens (tertiary/aromatic N) is 2. The Balaban J connectivity index is 1.93. The smallest absolute Gasteiger partial charge is 0.137 e. The molecule has 88 valence electrons. The minimum Gasteiger partial charge on any atom is -0.365 e. The number of para-hydroxylation sites is 1. The Bertz CT molecular complexity index is 516. The van der Waals surface area contributed by atoms with Crippen LogP contribution in [0.5, 0.6) is 0 Å². The summed E-state index contributed by atoms with van der Waals surface area (Å²) < 4.78 is 0. The van der Waals surface area contributed by atoms with E-state index in [1.807, 2.05) is 24.3 Å². The number of nitrogens with two attached hydrogens (primary N) is 1. The zero-order valence-corrected chi connectivity index (χ0v) is 9.63. The molecule has 1 fully saturated rings. The topological polar surface area (TPSA) is 63.8 Å². The Hall–Kier alpha value is -1.68. The maximum Gasteiger partial charge on any atom is 0.137 e. The van der Waals surface area contributed by atoms with Crippen molar-refractivity contribution in [1.29, 1.82) is 0 Å². The quantitative estimate of drug-likeness (QED) is 0.837. The summed E-state index contributed by atoms with van der Waals surface area (Å²) in [4.78, 5) is 8.58. The highest BCUT2D eigenvalue weighted by atomic mass is 15.1. The number of nitrogens with one attached hydrogen (secondary N) is 1. The summed E-state index contributed by atoms with van der Waals surface area (Å²) >= 11 is 0. The van der Waals surface area contributed by atoms with Crippen LogP contribution in [0.3, 0.4) is 0 Å². The van der Waals surface area contributed by atoms with Crippen molar-refractivity contribution in [3.05, 3.63) is 30.6 Å². The molecular weight excluding hydrogens is 212 g/mol. The molecule has 1 aromatic carbocycles. The Morgan fingerprint density at radius 2 is 2.12 bits per heavy atom. The molecule has 4 heteroatoms. The molecular formula is C13H16N4. The molecule has 0 spiro atoms. The average molecular weight is 228 g/mol. The van der Waals surface area contributed by atoms with E-state index in [0.717, 1.165) is 16.7 Å². The van der Waals surface area contributed by atoms with Gasteiger partial charge in [-0.05, 0) is 30.9 Å². The summed E-state index contributed by atoms with van der Waals surface area (Å²) in [5.41, 5.74) is 6.77. The van der Waals surface area contributed by atoms with Crippen LogP contribution in [0.2, 0.25) is 0 Å². The Kier molecular flexibility index (Phi) is 2.65. The molecule has 3 rings (SSSR count). The van der Waals surface area contributed by atoms with Crippen molar-refractivity contribution in [2.45, 2.75) is 18.9 Å². The lowest BCUT2D eigenvalue weighted by Crippen LogP contribution is -2.31. The van der Waals surface area contributed by atoms with Gasteiger partial charge in [0, 0.05) is 18.0 Å². The number of rotatable bonds is 4. The molecule has 0 bridgehead atoms. The van der Waals surface area contributed by atoms with Crippen molar-refractivity contribution in [2.24, 2.45) is 11.7 Å². The van der Waals surface area contributed by atoms with Crippen molar-refractivity contribution in [2.75, 3.05) is 11.9 Å². The van der Waals surface area contributed by atoms with Crippen LogP contribution in [0.4, 0.5) is 5.82 Å². The molecule has 1 saturated carbocycles. The molecule has 17 heavy (non-hydrogen) atoms. The summed E-state index contributed by atoms with van der Waals surface area (Å²) in [6, 6.07) is 8.37. The van der Waals surface area contributed by atoms with Crippen LogP contribution in [0.25, 0.3) is 10.9 Å². The van der Waals surface area contributed by atoms with Gasteiger partial charge in [-0.2, -0.15) is 0 Å². The highest BCUT2D eigenvalue weighted by Crippen LogP contribution is 2.34. The summed E-state index contributed by atoms with van der Waals surface area (Å²) in [5, 5.41) is 4.52. The van der Waals surface area contributed by atoms with Gasteiger partial charge in [0.1, 0.15) is 12.1 Å². The molecule has 1 heterocycles. The van der Waals surface area contributed by atoms with E-state index in [4.69, 9.17) is 5.73 Å². The van der Waals surface area contributed by atoms with Gasteiger partial charge in [0.25, 0.3) is 0 Å². The van der Waals surface area contributed by atoms with Crippen LogP contribution < -0.4 is 11.1 Å². The number of aromatic nitrogens is 2. The number of benzene rings is 1. The van der Waals surface area contributed by atoms with Crippen LogP contribution in [0.15, 0.2) is 30.6 Å². The van der Waals surface area contributed by atoms with Gasteiger partial charge in [0.2, 0.25) is 0 Å². The van der Waals surface area contributed by atoms with E-state index in [0.29, 0.717) is 18.5 Å². The standard InChI is InChI=1S/C13H16N4/c14-7-12(9-5-6-9)17-13-10-3-1-2-4-11(10)15-8-16-13/h1-4,8-9,12H,5-7,14H2,(H,15,16,17). The fourth-order valence-corrected chi connectivity index (χ4v) is 2.16. The van der Waals surface area contributed by atoms with Crippen molar-refractivity contribution >= 4 is 16.7 Å². The van der Waals surface area contributed by atoms with Gasteiger partial charge in [-0.15, -0.1) is 0 Å². The molecule has 0 radical (unpaired) electrons. The summed E-state index contributed by atoms with van der Waals surface area (Å²) in [6.45, 7) is 0.656. The summed E-state index contributed by atoms with van der Waals surface area (Å²) in [5.74, 6) is 1.62. The third kappa shape index (κ3) is 2.08. The summed E-state index contributed by atoms with van der Waals surface area (Å²) in [6.07, 6.45) is 4.15. The fraction of sp³-hybridized carbons (Fsp3) is 0.385. The predicted octanol–water partition coefficient (Wildman–Crippen LogP) is 1.78. The molecule has 0 aliphatic heterocycles. The lowest BCUT2D eigenvalue weighted by atomic mass is 10.1. The SMILES string of the molecule is NCC(Nc1ncnc2ccccc12)C1CC1. The molecule has 1 atom stereocenters. The zero-order valence-electron chi connectivity index (χ0n) is 9.63. The second-order valence-corrected chi connectivity index (χ2v) is 4.56. The highest BCUT2D eigenvalue weighted by Gasteiger charge is 2.30. The van der Waals surface area contributed by atoms with Crippen LogP contribution in [-0.4, -0.2) is 22.6 Å². The van der Waals surface area contributed by atoms with Gasteiger partial charge < -0.3 is 11.1 Å². The molecule has 0 saturated heterocycles. The average Bonchev–Trinajstić information content (AvgIpc) is 3.20. The van der Waals surface area contributed by atoms with E-state index < -0.39 is 0 Å². The molecule has 1 aromatic heterocycles. The van der Waals surface area contributed by atoms with E-state index >= 15 is 0 Å². The van der Waals surface area contributed by atoms with Gasteiger partial charge in [-0.25, -0.2) is 9.97 Å². The number of hydrogen-bond donors (Lipinski definition) is 2. The zero-order chi connectivity index (χ0) is 11.7. The second-order valence-electron chi connectivity index (χ2n) is 4.56. The van der Waals surface area contributed by atoms with Gasteiger partial charge in [-0.3, -0.25) is 0 Å². The van der Waals surface area contributed by atoms with E-state index in [9.17, 15) is 0 Å². The van der Waals surface area contributed by atoms with Crippen molar-refractivity contribution in [3.8, 4) is 0 Å². The summed E-state index contributed by atoms with van der Waals surface area (Å²) in [7, 11) is 0. The molecule has 3 N–H and O–H groups in total. The Labute approximate surface area is 100 Å². The van der Waals surface area contributed by atoms with E-state index in [1.54, 1.807) is 6.33 Å². The molecule has 2 aromatic rings. The lowest BCUT2D eigenvalue weighted by molar-refractivity contribution is 0.643. The number of fused-ring (bicyclic) bond motifs is 1. The van der Waals surface area contributed by atoms with E-state index in [-0.39, 0.29) is 0 Å². The minimum absolute atomic E-state index is 0.341. The van der Waals surface area contributed by atoms with Crippen LogP contribution >= 0.6 is 0 Å². The first-order valence-electron chi connectivity index (χ1n) is 6.05. The van der Waals surface area contributed by atoms with Crippen LogP contribution in [0, 0.1) is 5.92 Å². The monoisotopic (exact) mass is 228 g/mol. The Morgan fingerprint density at radius 3 is 2.88 bits per heavy atom. The van der Waals surface area contributed by atoms with Crippen molar-refractivity contribution < 1.29 is 0 Å². The van der Waals surface area contributed by atoms with E-state index in [2.05, 4.69) is 15.3 Å². The van der Waals surface area contributed by atoms with Gasteiger partial charge >= 0.3 is 0 Å². The third-order valence-electron chi connectivity index (χ3n) is 3.31. The normalized spacial score (nSPS) is 17.0. The molecule has 1 aliphatic rings. The van der Waals surface area contributed by atoms with Crippen molar-refractivity contribution in [1.82, 2.24) is 9.97 Å². The maximum absolute atomic E-state index is 5.80. The van der Waals surface area contributed by atoms with Gasteiger partial charge in [0.15, 0.2) is 0 Å². The molecule has 0 amide bonds. The van der Waals surface area contributed by atoms with Crippen molar-refractivity contribution in [3.63, 3.8) is 0 Å². The van der Waals surface area contributed by atoms with Crippen LogP contribution in [-0.2, 0) is 0 Å². The largest absolute Gasteiger partial charge is 0.365 e. The lowest BCUT2D eigenvalue weighted by Gasteiger charge is -2.17. The first-order valence-corrected chi connectivity index (χ1v) is 6.05. The fourth-order valence-electron chi connectivity index (χ4n) is 2.16. The number of hydrogen-bond acceptors (Lipinski definition) is 4. The van der Waals surface area contributed by atoms with Gasteiger partial charge in [0.05, 0.1) is 5.52 Å². The van der Waals surface area contributed by atoms with Gasteiger partial charge in [-0.1, -0.05) is 12.1 Å². The molecule has 1 unspecified atom stereocenters. The highest BCUT2D eigenvalue weighted by molar-refractivity contribution is 5.88. The third-order valence-corrected chi connectivity index (χ3v) is 3.31. The second kappa shape index (κ2) is 4.30. The maximum atomic E-state index is 5.80. The predicted molar refractivity (Wildman–Crippen MR) is 68.7 cm³/mol.